The molecule has 1 unspecified atom stereocenters. The quantitative estimate of drug-likeness (QED) is 0.630. The molecule has 2 rings (SSSR count). The normalized spacial score (nSPS) is 12.9. The lowest BCUT2D eigenvalue weighted by Crippen LogP contribution is -2.33. The van der Waals surface area contributed by atoms with Crippen LogP contribution in [-0.2, 0) is 10.9 Å². The molecular formula is C20H22ClF3N2O3. The zero-order valence-corrected chi connectivity index (χ0v) is 17.0. The van der Waals surface area contributed by atoms with Gasteiger partial charge in [-0.1, -0.05) is 17.7 Å². The molecule has 0 saturated heterocycles. The van der Waals surface area contributed by atoms with Gasteiger partial charge < -0.3 is 14.8 Å². The molecular weight excluding hydrogens is 409 g/mol. The van der Waals surface area contributed by atoms with Crippen molar-refractivity contribution in [3.05, 3.63) is 58.9 Å². The van der Waals surface area contributed by atoms with E-state index in [0.29, 0.717) is 5.56 Å². The fourth-order valence-corrected chi connectivity index (χ4v) is 2.56. The van der Waals surface area contributed by atoms with Gasteiger partial charge in [-0.25, -0.2) is 4.79 Å². The number of rotatable bonds is 6. The first-order valence-electron chi connectivity index (χ1n) is 8.86. The Morgan fingerprint density at radius 1 is 1.24 bits per heavy atom. The summed E-state index contributed by atoms with van der Waals surface area (Å²) in [4.78, 5) is 15.8. The first-order valence-corrected chi connectivity index (χ1v) is 9.24. The third-order valence-electron chi connectivity index (χ3n) is 3.66. The summed E-state index contributed by atoms with van der Waals surface area (Å²) in [7, 11) is 0. The van der Waals surface area contributed by atoms with E-state index in [2.05, 4.69) is 10.3 Å². The number of alkyl halides is 3. The molecule has 0 bridgehead atoms. The number of nitrogens with zero attached hydrogens (tertiary/aromatic N) is 1. The molecule has 0 aliphatic carbocycles. The highest BCUT2D eigenvalue weighted by atomic mass is 35.5. The van der Waals surface area contributed by atoms with Gasteiger partial charge in [0.1, 0.15) is 17.5 Å². The van der Waals surface area contributed by atoms with Crippen molar-refractivity contribution >= 4 is 17.7 Å². The number of aromatic nitrogens is 1. The van der Waals surface area contributed by atoms with Crippen molar-refractivity contribution in [1.29, 1.82) is 0 Å². The SMILES string of the molecule is CC(C)(C)OC(=O)NCCC(Oc1cc(C(F)(F)F)ccc1Cl)c1cccnc1. The van der Waals surface area contributed by atoms with E-state index in [1.165, 1.54) is 0 Å². The number of halogens is 4. The molecule has 0 aliphatic rings. The Balaban J connectivity index is 2.15. The number of pyridine rings is 1. The van der Waals surface area contributed by atoms with Crippen molar-refractivity contribution in [2.75, 3.05) is 6.54 Å². The van der Waals surface area contributed by atoms with Crippen molar-refractivity contribution in [2.24, 2.45) is 0 Å². The molecule has 5 nitrogen and oxygen atoms in total. The van der Waals surface area contributed by atoms with Gasteiger partial charge in [0.15, 0.2) is 0 Å². The number of carbonyl (C=O) groups is 1. The highest BCUT2D eigenvalue weighted by Crippen LogP contribution is 2.37. The highest BCUT2D eigenvalue weighted by molar-refractivity contribution is 6.32. The van der Waals surface area contributed by atoms with Gasteiger partial charge >= 0.3 is 12.3 Å². The molecule has 158 valence electrons. The molecule has 0 radical (unpaired) electrons. The molecule has 1 aromatic carbocycles. The average Bonchev–Trinajstić information content (AvgIpc) is 2.60. The van der Waals surface area contributed by atoms with Crippen LogP contribution in [0, 0.1) is 0 Å². The Morgan fingerprint density at radius 2 is 1.97 bits per heavy atom. The maximum Gasteiger partial charge on any atom is 0.416 e. The molecule has 2 aromatic rings. The second-order valence-corrected chi connectivity index (χ2v) is 7.66. The number of carbonyl (C=O) groups excluding carboxylic acids is 1. The van der Waals surface area contributed by atoms with E-state index < -0.39 is 29.5 Å². The monoisotopic (exact) mass is 430 g/mol. The summed E-state index contributed by atoms with van der Waals surface area (Å²) in [5.41, 5.74) is -0.879. The Bertz CT molecular complexity index is 824. The van der Waals surface area contributed by atoms with Crippen LogP contribution in [0.3, 0.4) is 0 Å². The summed E-state index contributed by atoms with van der Waals surface area (Å²) < 4.78 is 50.0. The molecule has 0 aliphatic heterocycles. The number of nitrogens with one attached hydrogen (secondary N) is 1. The molecule has 1 aromatic heterocycles. The van der Waals surface area contributed by atoms with Crippen LogP contribution in [0.15, 0.2) is 42.7 Å². The van der Waals surface area contributed by atoms with Crippen LogP contribution < -0.4 is 10.1 Å². The van der Waals surface area contributed by atoms with Gasteiger partial charge in [0, 0.05) is 30.9 Å². The van der Waals surface area contributed by atoms with Gasteiger partial charge in [0.2, 0.25) is 0 Å². The summed E-state index contributed by atoms with van der Waals surface area (Å²) in [6.45, 7) is 5.39. The van der Waals surface area contributed by atoms with Crippen LogP contribution in [0.1, 0.15) is 44.4 Å². The van der Waals surface area contributed by atoms with Crippen molar-refractivity contribution in [2.45, 2.75) is 45.1 Å². The van der Waals surface area contributed by atoms with Crippen molar-refractivity contribution in [3.63, 3.8) is 0 Å². The van der Waals surface area contributed by atoms with E-state index in [0.717, 1.165) is 18.2 Å². The van der Waals surface area contributed by atoms with E-state index in [4.69, 9.17) is 21.1 Å². The standard InChI is InChI=1S/C20H22ClF3N2O3/c1-19(2,3)29-18(27)26-10-8-16(13-5-4-9-25-12-13)28-17-11-14(20(22,23)24)6-7-15(17)21/h4-7,9,11-12,16H,8,10H2,1-3H3,(H,26,27). The maximum atomic E-state index is 13.0. The maximum absolute atomic E-state index is 13.0. The Labute approximate surface area is 172 Å². The highest BCUT2D eigenvalue weighted by Gasteiger charge is 2.31. The smallest absolute Gasteiger partial charge is 0.416 e. The third kappa shape index (κ3) is 7.45. The van der Waals surface area contributed by atoms with Crippen molar-refractivity contribution in [3.8, 4) is 5.75 Å². The number of amides is 1. The second kappa shape index (κ2) is 9.35. The summed E-state index contributed by atoms with van der Waals surface area (Å²) in [5.74, 6) is -0.104. The number of alkyl carbamates (subject to hydrolysis) is 1. The van der Waals surface area contributed by atoms with Gasteiger partial charge in [-0.05, 0) is 45.0 Å². The molecule has 29 heavy (non-hydrogen) atoms. The fourth-order valence-electron chi connectivity index (χ4n) is 2.40. The summed E-state index contributed by atoms with van der Waals surface area (Å²) >= 11 is 6.04. The van der Waals surface area contributed by atoms with Crippen LogP contribution in [0.5, 0.6) is 5.75 Å². The van der Waals surface area contributed by atoms with Crippen LogP contribution in [0.4, 0.5) is 18.0 Å². The molecule has 1 atom stereocenters. The lowest BCUT2D eigenvalue weighted by atomic mass is 10.1. The molecule has 0 spiro atoms. The Kier molecular flexibility index (Phi) is 7.35. The summed E-state index contributed by atoms with van der Waals surface area (Å²) in [5, 5.41) is 2.65. The van der Waals surface area contributed by atoms with E-state index in [9.17, 15) is 18.0 Å². The Hall–Kier alpha value is -2.48. The fraction of sp³-hybridized carbons (Fsp3) is 0.400. The molecule has 1 amide bonds. The number of hydrogen-bond acceptors (Lipinski definition) is 4. The lowest BCUT2D eigenvalue weighted by molar-refractivity contribution is -0.137. The predicted octanol–water partition coefficient (Wildman–Crippen LogP) is 5.79. The molecule has 1 heterocycles. The van der Waals surface area contributed by atoms with E-state index >= 15 is 0 Å². The van der Waals surface area contributed by atoms with Gasteiger partial charge in [-0.3, -0.25) is 4.98 Å². The zero-order chi connectivity index (χ0) is 21.7. The zero-order valence-electron chi connectivity index (χ0n) is 16.2. The van der Waals surface area contributed by atoms with Gasteiger partial charge in [-0.2, -0.15) is 13.2 Å². The Morgan fingerprint density at radius 3 is 2.55 bits per heavy atom. The van der Waals surface area contributed by atoms with Crippen molar-refractivity contribution < 1.29 is 27.4 Å². The van der Waals surface area contributed by atoms with E-state index in [-0.39, 0.29) is 23.7 Å². The largest absolute Gasteiger partial charge is 0.484 e. The van der Waals surface area contributed by atoms with Gasteiger partial charge in [0.05, 0.1) is 10.6 Å². The van der Waals surface area contributed by atoms with E-state index in [1.807, 2.05) is 0 Å². The first kappa shape index (κ1) is 22.8. The lowest BCUT2D eigenvalue weighted by Gasteiger charge is -2.22. The number of ether oxygens (including phenoxy) is 2. The summed E-state index contributed by atoms with van der Waals surface area (Å²) in [6, 6.07) is 6.29. The van der Waals surface area contributed by atoms with Crippen LogP contribution in [0.2, 0.25) is 5.02 Å². The minimum absolute atomic E-state index is 0.0481. The van der Waals surface area contributed by atoms with Crippen LogP contribution in [0.25, 0.3) is 0 Å². The third-order valence-corrected chi connectivity index (χ3v) is 3.97. The number of benzene rings is 1. The van der Waals surface area contributed by atoms with E-state index in [1.54, 1.807) is 45.3 Å². The summed E-state index contributed by atoms with van der Waals surface area (Å²) in [6.07, 6.45) is -2.43. The number of hydrogen-bond donors (Lipinski definition) is 1. The average molecular weight is 431 g/mol. The van der Waals surface area contributed by atoms with Crippen LogP contribution >= 0.6 is 11.6 Å². The van der Waals surface area contributed by atoms with Gasteiger partial charge in [0.25, 0.3) is 0 Å². The minimum atomic E-state index is -4.52. The first-order chi connectivity index (χ1) is 13.5. The predicted molar refractivity (Wildman–Crippen MR) is 103 cm³/mol. The van der Waals surface area contributed by atoms with Crippen molar-refractivity contribution in [1.82, 2.24) is 10.3 Å². The molecule has 0 fully saturated rings. The molecule has 9 heteroatoms. The topological polar surface area (TPSA) is 60.5 Å². The second-order valence-electron chi connectivity index (χ2n) is 7.25. The van der Waals surface area contributed by atoms with Crippen LogP contribution in [-0.4, -0.2) is 23.2 Å². The molecule has 0 saturated carbocycles. The van der Waals surface area contributed by atoms with Gasteiger partial charge in [-0.15, -0.1) is 0 Å². The molecule has 1 N–H and O–H groups in total. The minimum Gasteiger partial charge on any atom is -0.484 e.